The van der Waals surface area contributed by atoms with Crippen molar-refractivity contribution in [2.45, 2.75) is 12.8 Å². The van der Waals surface area contributed by atoms with E-state index in [1.807, 2.05) is 0 Å². The number of unbranched alkanes of at least 4 members (excludes halogenated alkanes) is 1. The van der Waals surface area contributed by atoms with Crippen LogP contribution >= 0.6 is 0 Å². The Bertz CT molecular complexity index is 286. The van der Waals surface area contributed by atoms with Gasteiger partial charge < -0.3 is 20.1 Å². The fourth-order valence-electron chi connectivity index (χ4n) is 1.11. The first-order valence-corrected chi connectivity index (χ1v) is 5.28. The molecular weight excluding hydrogens is 224 g/mol. The number of nitrogens with zero attached hydrogens (tertiary/aromatic N) is 1. The zero-order valence-electron chi connectivity index (χ0n) is 9.94. The first-order chi connectivity index (χ1) is 8.11. The first-order valence-electron chi connectivity index (χ1n) is 5.28. The van der Waals surface area contributed by atoms with E-state index in [1.165, 1.54) is 12.0 Å². The lowest BCUT2D eigenvalue weighted by atomic mass is 10.3. The number of hydrogen-bond acceptors (Lipinski definition) is 3. The minimum atomic E-state index is -1.06. The lowest BCUT2D eigenvalue weighted by molar-refractivity contribution is -0.137. The molecule has 0 aliphatic carbocycles. The standard InChI is InChI=1S/C11H18N2O4/c1-3-4-5-6-12-11(16)13(7-8-17-2)9-10(14)15/h1H,4-9H2,2H3,(H,12,16)(H,14,15). The molecule has 0 spiro atoms. The first kappa shape index (κ1) is 15.3. The van der Waals surface area contributed by atoms with Gasteiger partial charge in [-0.2, -0.15) is 0 Å². The molecule has 6 nitrogen and oxygen atoms in total. The Hall–Kier alpha value is -1.74. The number of rotatable bonds is 8. The second kappa shape index (κ2) is 9.48. The number of carboxylic acids is 1. The number of hydrogen-bond donors (Lipinski definition) is 2. The van der Waals surface area contributed by atoms with E-state index in [4.69, 9.17) is 16.3 Å². The average molecular weight is 242 g/mol. The van der Waals surface area contributed by atoms with E-state index in [1.54, 1.807) is 0 Å². The summed E-state index contributed by atoms with van der Waals surface area (Å²) < 4.78 is 4.81. The Morgan fingerprint density at radius 1 is 1.53 bits per heavy atom. The van der Waals surface area contributed by atoms with Crippen LogP contribution in [0.4, 0.5) is 4.79 Å². The number of terminal acetylenes is 1. The Kier molecular flexibility index (Phi) is 8.51. The summed E-state index contributed by atoms with van der Waals surface area (Å²) in [4.78, 5) is 23.3. The summed E-state index contributed by atoms with van der Waals surface area (Å²) in [6.07, 6.45) is 6.32. The van der Waals surface area contributed by atoms with E-state index in [2.05, 4.69) is 11.2 Å². The second-order valence-electron chi connectivity index (χ2n) is 3.35. The van der Waals surface area contributed by atoms with Gasteiger partial charge in [-0.1, -0.05) is 0 Å². The molecular formula is C11H18N2O4. The minimum absolute atomic E-state index is 0.240. The lowest BCUT2D eigenvalue weighted by Crippen LogP contribution is -2.44. The molecule has 0 aromatic heterocycles. The number of urea groups is 1. The quantitative estimate of drug-likeness (QED) is 0.469. The van der Waals surface area contributed by atoms with Crippen molar-refractivity contribution in [3.63, 3.8) is 0 Å². The van der Waals surface area contributed by atoms with Gasteiger partial charge >= 0.3 is 12.0 Å². The molecule has 0 atom stereocenters. The molecule has 96 valence electrons. The van der Waals surface area contributed by atoms with Crippen LogP contribution in [-0.4, -0.2) is 55.4 Å². The van der Waals surface area contributed by atoms with E-state index in [-0.39, 0.29) is 13.1 Å². The molecule has 0 rings (SSSR count). The van der Waals surface area contributed by atoms with E-state index < -0.39 is 12.0 Å². The van der Waals surface area contributed by atoms with Gasteiger partial charge in [-0.15, -0.1) is 12.3 Å². The molecule has 0 aliphatic rings. The lowest BCUT2D eigenvalue weighted by Gasteiger charge is -2.20. The fourth-order valence-corrected chi connectivity index (χ4v) is 1.11. The Morgan fingerprint density at radius 3 is 2.76 bits per heavy atom. The number of aliphatic carboxylic acids is 1. The molecule has 2 N–H and O–H groups in total. The number of methoxy groups -OCH3 is 1. The molecule has 0 radical (unpaired) electrons. The third-order valence-corrected chi connectivity index (χ3v) is 1.95. The maximum Gasteiger partial charge on any atom is 0.323 e. The van der Waals surface area contributed by atoms with Crippen LogP contribution in [0.15, 0.2) is 0 Å². The van der Waals surface area contributed by atoms with Crippen LogP contribution in [0.2, 0.25) is 0 Å². The van der Waals surface area contributed by atoms with Crippen molar-refractivity contribution in [1.82, 2.24) is 10.2 Å². The molecule has 0 heterocycles. The van der Waals surface area contributed by atoms with Crippen molar-refractivity contribution in [2.24, 2.45) is 0 Å². The monoisotopic (exact) mass is 242 g/mol. The third kappa shape index (κ3) is 8.11. The highest BCUT2D eigenvalue weighted by Gasteiger charge is 2.15. The van der Waals surface area contributed by atoms with Crippen LogP contribution in [0.25, 0.3) is 0 Å². The molecule has 0 fully saturated rings. The fraction of sp³-hybridized carbons (Fsp3) is 0.636. The zero-order valence-corrected chi connectivity index (χ0v) is 9.94. The molecule has 0 saturated carbocycles. The van der Waals surface area contributed by atoms with E-state index in [0.29, 0.717) is 26.0 Å². The maximum atomic E-state index is 11.6. The number of nitrogens with one attached hydrogen (secondary N) is 1. The van der Waals surface area contributed by atoms with Gasteiger partial charge in [0.05, 0.1) is 6.61 Å². The van der Waals surface area contributed by atoms with Crippen molar-refractivity contribution in [2.75, 3.05) is 33.4 Å². The predicted molar refractivity (Wildman–Crippen MR) is 62.6 cm³/mol. The van der Waals surface area contributed by atoms with Gasteiger partial charge in [0.15, 0.2) is 0 Å². The molecule has 6 heteroatoms. The van der Waals surface area contributed by atoms with Gasteiger partial charge in [-0.3, -0.25) is 4.79 Å². The summed E-state index contributed by atoms with van der Waals surface area (Å²) in [5, 5.41) is 11.3. The summed E-state index contributed by atoms with van der Waals surface area (Å²) in [5.41, 5.74) is 0. The molecule has 0 bridgehead atoms. The molecule has 0 saturated heterocycles. The van der Waals surface area contributed by atoms with Crippen molar-refractivity contribution >= 4 is 12.0 Å². The second-order valence-corrected chi connectivity index (χ2v) is 3.35. The average Bonchev–Trinajstić information content (AvgIpc) is 2.29. The number of carbonyl (C=O) groups is 2. The third-order valence-electron chi connectivity index (χ3n) is 1.95. The molecule has 17 heavy (non-hydrogen) atoms. The summed E-state index contributed by atoms with van der Waals surface area (Å²) in [7, 11) is 1.49. The molecule has 0 aliphatic heterocycles. The van der Waals surface area contributed by atoms with Crippen LogP contribution in [0.5, 0.6) is 0 Å². The number of carboxylic acid groups (broad SMARTS) is 1. The van der Waals surface area contributed by atoms with Gasteiger partial charge in [0, 0.05) is 26.6 Å². The molecule has 0 aromatic rings. The summed E-state index contributed by atoms with van der Waals surface area (Å²) in [6, 6.07) is -0.415. The zero-order chi connectivity index (χ0) is 13.1. The molecule has 0 aromatic carbocycles. The summed E-state index contributed by atoms with van der Waals surface area (Å²) >= 11 is 0. The van der Waals surface area contributed by atoms with E-state index >= 15 is 0 Å². The highest BCUT2D eigenvalue weighted by Crippen LogP contribution is 1.92. The van der Waals surface area contributed by atoms with Crippen molar-refractivity contribution in [3.05, 3.63) is 0 Å². The van der Waals surface area contributed by atoms with Gasteiger partial charge in [0.25, 0.3) is 0 Å². The van der Waals surface area contributed by atoms with Gasteiger partial charge in [0.2, 0.25) is 0 Å². The summed E-state index contributed by atoms with van der Waals surface area (Å²) in [6.45, 7) is 0.630. The number of amides is 2. The van der Waals surface area contributed by atoms with Crippen molar-refractivity contribution < 1.29 is 19.4 Å². The maximum absolute atomic E-state index is 11.6. The highest BCUT2D eigenvalue weighted by molar-refractivity contribution is 5.80. The molecule has 2 amide bonds. The Labute approximate surface area is 101 Å². The van der Waals surface area contributed by atoms with E-state index in [0.717, 1.165) is 0 Å². The van der Waals surface area contributed by atoms with Gasteiger partial charge in [0.1, 0.15) is 6.54 Å². The number of carbonyl (C=O) groups excluding carboxylic acids is 1. The predicted octanol–water partition coefficient (Wildman–Crippen LogP) is 0.142. The SMILES string of the molecule is C#CCCCNC(=O)N(CCOC)CC(=O)O. The smallest absolute Gasteiger partial charge is 0.323 e. The van der Waals surface area contributed by atoms with Crippen LogP contribution < -0.4 is 5.32 Å². The number of ether oxygens (including phenoxy) is 1. The van der Waals surface area contributed by atoms with Crippen LogP contribution in [-0.2, 0) is 9.53 Å². The van der Waals surface area contributed by atoms with E-state index in [9.17, 15) is 9.59 Å². The topological polar surface area (TPSA) is 78.9 Å². The Morgan fingerprint density at radius 2 is 2.24 bits per heavy atom. The highest BCUT2D eigenvalue weighted by atomic mass is 16.5. The van der Waals surface area contributed by atoms with Gasteiger partial charge in [-0.05, 0) is 6.42 Å². The van der Waals surface area contributed by atoms with Crippen LogP contribution in [0.3, 0.4) is 0 Å². The largest absolute Gasteiger partial charge is 0.480 e. The normalized spacial score (nSPS) is 9.41. The van der Waals surface area contributed by atoms with Gasteiger partial charge in [-0.25, -0.2) is 4.79 Å². The van der Waals surface area contributed by atoms with Crippen molar-refractivity contribution in [1.29, 1.82) is 0 Å². The van der Waals surface area contributed by atoms with Crippen LogP contribution in [0.1, 0.15) is 12.8 Å². The minimum Gasteiger partial charge on any atom is -0.480 e. The molecule has 0 unspecified atom stereocenters. The Balaban J connectivity index is 4.03. The van der Waals surface area contributed by atoms with Crippen molar-refractivity contribution in [3.8, 4) is 12.3 Å². The van der Waals surface area contributed by atoms with Crippen LogP contribution in [0, 0.1) is 12.3 Å². The summed E-state index contributed by atoms with van der Waals surface area (Å²) in [5.74, 6) is 1.40.